The van der Waals surface area contributed by atoms with E-state index in [9.17, 15) is 5.26 Å². The SMILES string of the molecule is COc1ccc([C@H](C#N)O[Si](C)(C)C(C)(C)C)cc1. The summed E-state index contributed by atoms with van der Waals surface area (Å²) in [7, 11) is -0.320. The van der Waals surface area contributed by atoms with E-state index in [-0.39, 0.29) is 5.04 Å². The molecule has 1 rings (SSSR count). The quantitative estimate of drug-likeness (QED) is 0.771. The predicted molar refractivity (Wildman–Crippen MR) is 79.6 cm³/mol. The summed E-state index contributed by atoms with van der Waals surface area (Å²) in [5.74, 6) is 0.785. The van der Waals surface area contributed by atoms with Gasteiger partial charge in [0.25, 0.3) is 0 Å². The van der Waals surface area contributed by atoms with Crippen LogP contribution < -0.4 is 4.74 Å². The van der Waals surface area contributed by atoms with Crippen LogP contribution in [0.3, 0.4) is 0 Å². The molecule has 0 saturated carbocycles. The van der Waals surface area contributed by atoms with Crippen LogP contribution >= 0.6 is 0 Å². The minimum absolute atomic E-state index is 0.0918. The van der Waals surface area contributed by atoms with E-state index in [1.807, 2.05) is 24.3 Å². The maximum atomic E-state index is 9.35. The molecular formula is C15H23NO2Si. The number of rotatable bonds is 4. The van der Waals surface area contributed by atoms with E-state index in [4.69, 9.17) is 9.16 Å². The molecule has 1 atom stereocenters. The number of methoxy groups -OCH3 is 1. The highest BCUT2D eigenvalue weighted by Gasteiger charge is 2.39. The topological polar surface area (TPSA) is 42.2 Å². The lowest BCUT2D eigenvalue weighted by Gasteiger charge is -2.37. The first-order valence-corrected chi connectivity index (χ1v) is 9.33. The number of hydrogen-bond donors (Lipinski definition) is 0. The molecule has 0 aromatic heterocycles. The minimum atomic E-state index is -1.95. The van der Waals surface area contributed by atoms with Crippen LogP contribution in [0.2, 0.25) is 18.1 Å². The molecule has 0 fully saturated rings. The summed E-state index contributed by atoms with van der Waals surface area (Å²) < 4.78 is 11.3. The van der Waals surface area contributed by atoms with E-state index in [2.05, 4.69) is 39.9 Å². The molecule has 19 heavy (non-hydrogen) atoms. The molecule has 3 nitrogen and oxygen atoms in total. The fraction of sp³-hybridized carbons (Fsp3) is 0.533. The highest BCUT2D eigenvalue weighted by atomic mass is 28.4. The van der Waals surface area contributed by atoms with Crippen LogP contribution in [0.15, 0.2) is 24.3 Å². The van der Waals surface area contributed by atoms with E-state index in [0.29, 0.717) is 0 Å². The fourth-order valence-electron chi connectivity index (χ4n) is 1.42. The zero-order chi connectivity index (χ0) is 14.7. The average molecular weight is 277 g/mol. The van der Waals surface area contributed by atoms with Gasteiger partial charge in [-0.15, -0.1) is 0 Å². The molecule has 0 bridgehead atoms. The van der Waals surface area contributed by atoms with Gasteiger partial charge in [0, 0.05) is 0 Å². The summed E-state index contributed by atoms with van der Waals surface area (Å²) in [6.45, 7) is 10.8. The summed E-state index contributed by atoms with van der Waals surface area (Å²) in [6, 6.07) is 9.74. The van der Waals surface area contributed by atoms with Crippen LogP contribution in [0, 0.1) is 11.3 Å². The Morgan fingerprint density at radius 3 is 2.05 bits per heavy atom. The number of ether oxygens (including phenoxy) is 1. The monoisotopic (exact) mass is 277 g/mol. The molecule has 0 radical (unpaired) electrons. The molecule has 0 aliphatic rings. The summed E-state index contributed by atoms with van der Waals surface area (Å²) in [6.07, 6.45) is -0.508. The van der Waals surface area contributed by atoms with Gasteiger partial charge in [0.15, 0.2) is 14.4 Å². The second-order valence-electron chi connectivity index (χ2n) is 6.16. The van der Waals surface area contributed by atoms with E-state index in [1.165, 1.54) is 0 Å². The van der Waals surface area contributed by atoms with Crippen LogP contribution in [0.1, 0.15) is 32.4 Å². The number of nitrogens with zero attached hydrogens (tertiary/aromatic N) is 1. The second-order valence-corrected chi connectivity index (χ2v) is 10.9. The zero-order valence-electron chi connectivity index (χ0n) is 12.7. The van der Waals surface area contributed by atoms with Crippen molar-refractivity contribution in [1.82, 2.24) is 0 Å². The minimum Gasteiger partial charge on any atom is -0.497 e. The van der Waals surface area contributed by atoms with Gasteiger partial charge >= 0.3 is 0 Å². The lowest BCUT2D eigenvalue weighted by Crippen LogP contribution is -2.41. The first-order valence-electron chi connectivity index (χ1n) is 6.42. The molecule has 1 aromatic carbocycles. The second kappa shape index (κ2) is 5.77. The average Bonchev–Trinajstić information content (AvgIpc) is 2.35. The van der Waals surface area contributed by atoms with Crippen molar-refractivity contribution >= 4 is 8.32 Å². The lowest BCUT2D eigenvalue weighted by molar-refractivity contribution is 0.236. The third-order valence-electron chi connectivity index (χ3n) is 3.75. The molecule has 104 valence electrons. The van der Waals surface area contributed by atoms with Crippen molar-refractivity contribution in [3.05, 3.63) is 29.8 Å². The highest BCUT2D eigenvalue weighted by molar-refractivity contribution is 6.74. The van der Waals surface area contributed by atoms with Crippen molar-refractivity contribution in [2.75, 3.05) is 7.11 Å². The van der Waals surface area contributed by atoms with Crippen LogP contribution in [0.5, 0.6) is 5.75 Å². The van der Waals surface area contributed by atoms with Gasteiger partial charge < -0.3 is 9.16 Å². The van der Waals surface area contributed by atoms with Crippen LogP contribution in [0.4, 0.5) is 0 Å². The zero-order valence-corrected chi connectivity index (χ0v) is 13.7. The Balaban J connectivity index is 2.93. The van der Waals surface area contributed by atoms with E-state index in [1.54, 1.807) is 7.11 Å². The Hall–Kier alpha value is -1.31. The molecule has 0 spiro atoms. The van der Waals surface area contributed by atoms with E-state index < -0.39 is 14.4 Å². The van der Waals surface area contributed by atoms with E-state index >= 15 is 0 Å². The van der Waals surface area contributed by atoms with Gasteiger partial charge in [0.2, 0.25) is 0 Å². The van der Waals surface area contributed by atoms with Crippen molar-refractivity contribution in [3.8, 4) is 11.8 Å². The fourth-order valence-corrected chi connectivity index (χ4v) is 2.55. The first-order chi connectivity index (χ1) is 8.71. The Morgan fingerprint density at radius 1 is 1.16 bits per heavy atom. The maximum Gasteiger partial charge on any atom is 0.194 e. The number of hydrogen-bond acceptors (Lipinski definition) is 3. The van der Waals surface area contributed by atoms with Crippen molar-refractivity contribution in [1.29, 1.82) is 5.26 Å². The molecule has 0 amide bonds. The molecule has 4 heteroatoms. The van der Waals surface area contributed by atoms with Gasteiger partial charge in [-0.2, -0.15) is 5.26 Å². The number of nitriles is 1. The third kappa shape index (κ3) is 3.82. The molecular weight excluding hydrogens is 254 g/mol. The normalized spacial score (nSPS) is 13.7. The van der Waals surface area contributed by atoms with Gasteiger partial charge in [-0.1, -0.05) is 32.9 Å². The standard InChI is InChI=1S/C15H23NO2Si/c1-15(2,3)19(5,6)18-14(11-16)12-7-9-13(17-4)10-8-12/h7-10,14H,1-6H3/t14-/m0/s1. The Morgan fingerprint density at radius 2 is 1.68 bits per heavy atom. The first kappa shape index (κ1) is 15.7. The van der Waals surface area contributed by atoms with Crippen LogP contribution in [-0.2, 0) is 4.43 Å². The Kier molecular flexibility index (Phi) is 4.78. The molecule has 0 aliphatic heterocycles. The Bertz CT molecular complexity index is 455. The smallest absolute Gasteiger partial charge is 0.194 e. The summed E-state index contributed by atoms with van der Waals surface area (Å²) in [5.41, 5.74) is 0.883. The largest absolute Gasteiger partial charge is 0.497 e. The van der Waals surface area contributed by atoms with Gasteiger partial charge in [0.1, 0.15) is 5.75 Å². The van der Waals surface area contributed by atoms with Crippen molar-refractivity contribution in [2.45, 2.75) is 45.0 Å². The summed E-state index contributed by atoms with van der Waals surface area (Å²) in [5, 5.41) is 9.44. The van der Waals surface area contributed by atoms with Gasteiger partial charge in [-0.05, 0) is 35.8 Å². The molecule has 0 heterocycles. The molecule has 0 saturated heterocycles. The third-order valence-corrected chi connectivity index (χ3v) is 8.19. The van der Waals surface area contributed by atoms with E-state index in [0.717, 1.165) is 11.3 Å². The van der Waals surface area contributed by atoms with Crippen LogP contribution in [-0.4, -0.2) is 15.4 Å². The molecule has 1 aromatic rings. The van der Waals surface area contributed by atoms with Gasteiger partial charge in [0.05, 0.1) is 13.2 Å². The van der Waals surface area contributed by atoms with Crippen molar-refractivity contribution < 1.29 is 9.16 Å². The van der Waals surface area contributed by atoms with Crippen molar-refractivity contribution in [3.63, 3.8) is 0 Å². The predicted octanol–water partition coefficient (Wildman–Crippen LogP) is 4.28. The highest BCUT2D eigenvalue weighted by Crippen LogP contribution is 2.39. The lowest BCUT2D eigenvalue weighted by atomic mass is 10.1. The Labute approximate surface area is 117 Å². The molecule has 0 N–H and O–H groups in total. The summed E-state index contributed by atoms with van der Waals surface area (Å²) >= 11 is 0. The summed E-state index contributed by atoms with van der Waals surface area (Å²) in [4.78, 5) is 0. The van der Waals surface area contributed by atoms with Gasteiger partial charge in [-0.3, -0.25) is 0 Å². The number of benzene rings is 1. The van der Waals surface area contributed by atoms with Crippen LogP contribution in [0.25, 0.3) is 0 Å². The maximum absolute atomic E-state index is 9.35. The van der Waals surface area contributed by atoms with Gasteiger partial charge in [-0.25, -0.2) is 0 Å². The van der Waals surface area contributed by atoms with Crippen molar-refractivity contribution in [2.24, 2.45) is 0 Å². The molecule has 0 unspecified atom stereocenters. The molecule has 0 aliphatic carbocycles.